The molecule has 0 unspecified atom stereocenters. The van der Waals surface area contributed by atoms with Crippen molar-refractivity contribution in [2.24, 2.45) is 4.99 Å². The van der Waals surface area contributed by atoms with E-state index in [0.29, 0.717) is 38.7 Å². The van der Waals surface area contributed by atoms with Crippen molar-refractivity contribution in [2.75, 3.05) is 13.7 Å². The molecule has 0 spiro atoms. The van der Waals surface area contributed by atoms with Gasteiger partial charge in [-0.3, -0.25) is 9.36 Å². The third-order valence-corrected chi connectivity index (χ3v) is 8.63. The molecule has 216 valence electrons. The summed E-state index contributed by atoms with van der Waals surface area (Å²) < 4.78 is 19.9. The van der Waals surface area contributed by atoms with Gasteiger partial charge in [-0.1, -0.05) is 86.9 Å². The average Bonchev–Trinajstić information content (AvgIpc) is 3.26. The number of rotatable bonds is 8. The molecule has 4 aromatic rings. The second-order valence-electron chi connectivity index (χ2n) is 10.0. The van der Waals surface area contributed by atoms with Crippen LogP contribution in [0.25, 0.3) is 6.08 Å². The van der Waals surface area contributed by atoms with Crippen LogP contribution in [0.15, 0.2) is 86.2 Å². The molecule has 0 aliphatic carbocycles. The van der Waals surface area contributed by atoms with Crippen LogP contribution in [-0.4, -0.2) is 24.3 Å². The Morgan fingerprint density at radius 2 is 1.81 bits per heavy atom. The second kappa shape index (κ2) is 12.5. The lowest BCUT2D eigenvalue weighted by Gasteiger charge is -2.24. The molecule has 0 amide bonds. The predicted octanol–water partition coefficient (Wildman–Crippen LogP) is 5.77. The number of ether oxygens (including phenoxy) is 3. The second-order valence-corrected chi connectivity index (χ2v) is 11.9. The topological polar surface area (TPSA) is 79.1 Å². The number of hydrogen-bond acceptors (Lipinski definition) is 7. The van der Waals surface area contributed by atoms with Crippen LogP contribution >= 0.6 is 27.3 Å². The zero-order valence-corrected chi connectivity index (χ0v) is 26.5. The lowest BCUT2D eigenvalue weighted by atomic mass is 9.95. The van der Waals surface area contributed by atoms with Crippen LogP contribution in [-0.2, 0) is 16.1 Å². The van der Waals surface area contributed by atoms with Gasteiger partial charge in [0.15, 0.2) is 16.3 Å². The first-order chi connectivity index (χ1) is 20.2. The quantitative estimate of drug-likeness (QED) is 0.227. The SMILES string of the molecule is CCOC(=O)C1=C(C)N=c2s/c(=C/c3cc(OC)c(OCc4cccc(C)c4)cc3Br)c(=O)n2[C@@H]1c1ccc(C)cc1. The Morgan fingerprint density at radius 3 is 2.50 bits per heavy atom. The Balaban J connectivity index is 1.57. The first kappa shape index (κ1) is 29.5. The van der Waals surface area contributed by atoms with Crippen molar-refractivity contribution in [1.29, 1.82) is 0 Å². The Morgan fingerprint density at radius 1 is 1.05 bits per heavy atom. The van der Waals surface area contributed by atoms with Gasteiger partial charge >= 0.3 is 5.97 Å². The maximum Gasteiger partial charge on any atom is 0.338 e. The van der Waals surface area contributed by atoms with Crippen molar-refractivity contribution in [1.82, 2.24) is 4.57 Å². The van der Waals surface area contributed by atoms with Crippen LogP contribution in [0.2, 0.25) is 0 Å². The highest BCUT2D eigenvalue weighted by molar-refractivity contribution is 9.10. The standard InChI is InChI=1S/C33H31BrN2O5S/c1-6-40-32(38)29-21(4)35-33-36(30(29)23-12-10-19(2)11-13-23)31(37)28(42-33)16-24-15-26(39-5)27(17-25(24)34)41-18-22-9-7-8-20(3)14-22/h7-17,30H,6,18H2,1-5H3/b28-16+/t30-/m1/s1. The highest BCUT2D eigenvalue weighted by Gasteiger charge is 2.33. The Hall–Kier alpha value is -3.95. The Labute approximate surface area is 256 Å². The minimum atomic E-state index is -0.654. The van der Waals surface area contributed by atoms with E-state index in [1.165, 1.54) is 11.3 Å². The number of carbonyl (C=O) groups excluding carboxylic acids is 1. The van der Waals surface area contributed by atoms with Crippen LogP contribution in [0.4, 0.5) is 0 Å². The largest absolute Gasteiger partial charge is 0.493 e. The first-order valence-electron chi connectivity index (χ1n) is 13.5. The van der Waals surface area contributed by atoms with Crippen molar-refractivity contribution in [3.8, 4) is 11.5 Å². The summed E-state index contributed by atoms with van der Waals surface area (Å²) in [6.07, 6.45) is 1.80. The lowest BCUT2D eigenvalue weighted by Crippen LogP contribution is -2.39. The number of carbonyl (C=O) groups is 1. The molecule has 1 aliphatic rings. The van der Waals surface area contributed by atoms with E-state index in [1.54, 1.807) is 31.6 Å². The summed E-state index contributed by atoms with van der Waals surface area (Å²) in [4.78, 5) is 32.2. The van der Waals surface area contributed by atoms with E-state index in [1.807, 2.05) is 68.4 Å². The van der Waals surface area contributed by atoms with Gasteiger partial charge in [-0.2, -0.15) is 0 Å². The summed E-state index contributed by atoms with van der Waals surface area (Å²) in [5, 5.41) is 0. The van der Waals surface area contributed by atoms with Gasteiger partial charge in [0.2, 0.25) is 0 Å². The Bertz CT molecular complexity index is 1870. The minimum absolute atomic E-state index is 0.223. The van der Waals surface area contributed by atoms with Crippen molar-refractivity contribution in [3.05, 3.63) is 124 Å². The number of fused-ring (bicyclic) bond motifs is 1. The maximum absolute atomic E-state index is 14.0. The third kappa shape index (κ3) is 5.98. The fourth-order valence-corrected chi connectivity index (χ4v) is 6.37. The van der Waals surface area contributed by atoms with E-state index in [-0.39, 0.29) is 12.2 Å². The first-order valence-corrected chi connectivity index (χ1v) is 15.1. The molecular weight excluding hydrogens is 616 g/mol. The molecule has 5 rings (SSSR count). The number of benzene rings is 3. The zero-order valence-electron chi connectivity index (χ0n) is 24.1. The molecular formula is C33H31BrN2O5S. The number of nitrogens with zero attached hydrogens (tertiary/aromatic N) is 2. The number of allylic oxidation sites excluding steroid dienone is 1. The van der Waals surface area contributed by atoms with Crippen LogP contribution in [0.3, 0.4) is 0 Å². The number of methoxy groups -OCH3 is 1. The Kier molecular flexibility index (Phi) is 8.80. The predicted molar refractivity (Wildman–Crippen MR) is 168 cm³/mol. The molecule has 0 bridgehead atoms. The molecule has 1 aliphatic heterocycles. The molecule has 1 aromatic heterocycles. The summed E-state index contributed by atoms with van der Waals surface area (Å²) >= 11 is 4.92. The van der Waals surface area contributed by atoms with E-state index >= 15 is 0 Å². The highest BCUT2D eigenvalue weighted by Crippen LogP contribution is 2.35. The fraction of sp³-hybridized carbons (Fsp3) is 0.242. The molecule has 2 heterocycles. The summed E-state index contributed by atoms with van der Waals surface area (Å²) in [7, 11) is 1.59. The number of aryl methyl sites for hydroxylation is 2. The van der Waals surface area contributed by atoms with Crippen molar-refractivity contribution < 1.29 is 19.0 Å². The van der Waals surface area contributed by atoms with Crippen LogP contribution < -0.4 is 24.4 Å². The van der Waals surface area contributed by atoms with Crippen molar-refractivity contribution in [3.63, 3.8) is 0 Å². The number of esters is 1. The number of hydrogen-bond donors (Lipinski definition) is 0. The van der Waals surface area contributed by atoms with Gasteiger partial charge in [0.25, 0.3) is 5.56 Å². The molecule has 0 saturated carbocycles. The highest BCUT2D eigenvalue weighted by atomic mass is 79.9. The zero-order chi connectivity index (χ0) is 30.0. The summed E-state index contributed by atoms with van der Waals surface area (Å²) in [6.45, 7) is 8.19. The third-order valence-electron chi connectivity index (χ3n) is 6.96. The molecule has 3 aromatic carbocycles. The van der Waals surface area contributed by atoms with E-state index < -0.39 is 12.0 Å². The lowest BCUT2D eigenvalue weighted by molar-refractivity contribution is -0.139. The van der Waals surface area contributed by atoms with Gasteiger partial charge in [0.1, 0.15) is 6.61 Å². The monoisotopic (exact) mass is 646 g/mol. The van der Waals surface area contributed by atoms with Crippen LogP contribution in [0, 0.1) is 13.8 Å². The van der Waals surface area contributed by atoms with Crippen molar-refractivity contribution >= 4 is 39.3 Å². The maximum atomic E-state index is 14.0. The molecule has 1 atom stereocenters. The average molecular weight is 648 g/mol. The fourth-order valence-electron chi connectivity index (χ4n) is 4.89. The van der Waals surface area contributed by atoms with Gasteiger partial charge in [0.05, 0.1) is 35.6 Å². The van der Waals surface area contributed by atoms with E-state index in [9.17, 15) is 9.59 Å². The minimum Gasteiger partial charge on any atom is -0.493 e. The molecule has 0 saturated heterocycles. The number of halogens is 1. The normalized spacial score (nSPS) is 14.8. The number of aromatic nitrogens is 1. The van der Waals surface area contributed by atoms with Gasteiger partial charge in [-0.25, -0.2) is 9.79 Å². The van der Waals surface area contributed by atoms with Gasteiger partial charge < -0.3 is 14.2 Å². The molecule has 7 nitrogen and oxygen atoms in total. The van der Waals surface area contributed by atoms with E-state index in [2.05, 4.69) is 27.0 Å². The summed E-state index contributed by atoms with van der Waals surface area (Å²) in [6, 6.07) is 19.0. The summed E-state index contributed by atoms with van der Waals surface area (Å²) in [5.41, 5.74) is 5.49. The molecule has 0 N–H and O–H groups in total. The molecule has 42 heavy (non-hydrogen) atoms. The molecule has 9 heteroatoms. The van der Waals surface area contributed by atoms with Gasteiger partial charge in [0, 0.05) is 4.47 Å². The van der Waals surface area contributed by atoms with Crippen molar-refractivity contribution in [2.45, 2.75) is 40.3 Å². The molecule has 0 radical (unpaired) electrons. The van der Waals surface area contributed by atoms with Crippen LogP contribution in [0.5, 0.6) is 11.5 Å². The molecule has 0 fully saturated rings. The van der Waals surface area contributed by atoms with E-state index in [4.69, 9.17) is 14.2 Å². The summed E-state index contributed by atoms with van der Waals surface area (Å²) in [5.74, 6) is 0.647. The van der Waals surface area contributed by atoms with Gasteiger partial charge in [-0.15, -0.1) is 0 Å². The van der Waals surface area contributed by atoms with Gasteiger partial charge in [-0.05, 0) is 62.6 Å². The smallest absolute Gasteiger partial charge is 0.338 e. The van der Waals surface area contributed by atoms with Crippen LogP contribution in [0.1, 0.15) is 47.7 Å². The number of thiazole rings is 1. The van der Waals surface area contributed by atoms with E-state index in [0.717, 1.165) is 32.3 Å².